The quantitative estimate of drug-likeness (QED) is 0.334. The van der Waals surface area contributed by atoms with Crippen molar-refractivity contribution in [2.75, 3.05) is 6.54 Å². The van der Waals surface area contributed by atoms with Crippen molar-refractivity contribution in [3.05, 3.63) is 45.9 Å². The Kier molecular flexibility index (Phi) is 6.51. The summed E-state index contributed by atoms with van der Waals surface area (Å²) in [6.45, 7) is 8.60. The van der Waals surface area contributed by atoms with Gasteiger partial charge < -0.3 is 5.32 Å². The molecule has 0 unspecified atom stereocenters. The summed E-state index contributed by atoms with van der Waals surface area (Å²) in [5, 5.41) is 7.71. The first-order chi connectivity index (χ1) is 13.1. The summed E-state index contributed by atoms with van der Waals surface area (Å²) >= 11 is 4.37. The third kappa shape index (κ3) is 4.17. The molecule has 0 aliphatic heterocycles. The van der Waals surface area contributed by atoms with E-state index in [0.29, 0.717) is 28.5 Å². The summed E-state index contributed by atoms with van der Waals surface area (Å²) in [4.78, 5) is 31.9. The molecule has 0 aromatic carbocycles. The van der Waals surface area contributed by atoms with Gasteiger partial charge in [-0.1, -0.05) is 30.8 Å². The minimum absolute atomic E-state index is 0.0493. The average molecular weight is 420 g/mol. The van der Waals surface area contributed by atoms with Crippen LogP contribution in [0.1, 0.15) is 20.3 Å². The van der Waals surface area contributed by atoms with Crippen LogP contribution >= 0.6 is 34.4 Å². The number of carbonyl (C=O) groups is 1. The van der Waals surface area contributed by atoms with Crippen LogP contribution in [-0.2, 0) is 11.3 Å². The number of hydrogen-bond acceptors (Lipinski definition) is 6. The number of thioether (sulfide) groups is 1. The molecule has 8 heteroatoms. The van der Waals surface area contributed by atoms with Crippen LogP contribution in [0.2, 0.25) is 0 Å². The van der Waals surface area contributed by atoms with E-state index in [9.17, 15) is 9.59 Å². The predicted octanol–water partition coefficient (Wildman–Crippen LogP) is 4.38. The first kappa shape index (κ1) is 19.9. The summed E-state index contributed by atoms with van der Waals surface area (Å²) in [5.41, 5.74) is 0.832. The van der Waals surface area contributed by atoms with Gasteiger partial charge >= 0.3 is 0 Å². The number of amides is 1. The smallest absolute Gasteiger partial charge is 0.263 e. The zero-order valence-corrected chi connectivity index (χ0v) is 17.7. The number of rotatable bonds is 8. The molecule has 0 fully saturated rings. The van der Waals surface area contributed by atoms with Crippen molar-refractivity contribution < 1.29 is 4.79 Å². The van der Waals surface area contributed by atoms with Crippen molar-refractivity contribution in [2.45, 2.75) is 37.2 Å². The van der Waals surface area contributed by atoms with Gasteiger partial charge in [0.2, 0.25) is 5.91 Å². The SMILES string of the molecule is C=CCn1c(S[C@@H](C)C(=O)NCCC)nc2scc(-c3cccs3)c2c1=O. The van der Waals surface area contributed by atoms with Gasteiger partial charge in [0.1, 0.15) is 4.83 Å². The molecule has 0 aliphatic carbocycles. The molecule has 0 spiro atoms. The van der Waals surface area contributed by atoms with Crippen molar-refractivity contribution in [2.24, 2.45) is 0 Å². The van der Waals surface area contributed by atoms with E-state index in [4.69, 9.17) is 4.98 Å². The maximum absolute atomic E-state index is 13.2. The van der Waals surface area contributed by atoms with E-state index in [1.165, 1.54) is 23.1 Å². The maximum atomic E-state index is 13.2. The third-order valence-corrected chi connectivity index (χ3v) is 6.82. The Hall–Kier alpha value is -1.90. The molecule has 0 bridgehead atoms. The number of nitrogens with one attached hydrogen (secondary N) is 1. The summed E-state index contributed by atoms with van der Waals surface area (Å²) in [5.74, 6) is -0.0493. The van der Waals surface area contributed by atoms with Gasteiger partial charge in [0.15, 0.2) is 5.16 Å². The fourth-order valence-electron chi connectivity index (χ4n) is 2.60. The Bertz CT molecular complexity index is 1010. The molecule has 0 saturated heterocycles. The highest BCUT2D eigenvalue weighted by Crippen LogP contribution is 2.35. The molecule has 1 atom stereocenters. The second kappa shape index (κ2) is 8.86. The topological polar surface area (TPSA) is 64.0 Å². The number of carbonyl (C=O) groups excluding carboxylic acids is 1. The number of nitrogens with zero attached hydrogens (tertiary/aromatic N) is 2. The number of hydrogen-bond donors (Lipinski definition) is 1. The summed E-state index contributed by atoms with van der Waals surface area (Å²) in [6.07, 6.45) is 2.56. The van der Waals surface area contributed by atoms with Crippen LogP contribution in [0.15, 0.2) is 45.5 Å². The summed E-state index contributed by atoms with van der Waals surface area (Å²) in [7, 11) is 0. The molecule has 142 valence electrons. The Morgan fingerprint density at radius 3 is 2.96 bits per heavy atom. The van der Waals surface area contributed by atoms with E-state index in [-0.39, 0.29) is 16.7 Å². The molecule has 27 heavy (non-hydrogen) atoms. The maximum Gasteiger partial charge on any atom is 0.263 e. The van der Waals surface area contributed by atoms with Gasteiger partial charge in [-0.05, 0) is 24.8 Å². The summed E-state index contributed by atoms with van der Waals surface area (Å²) < 4.78 is 1.60. The minimum atomic E-state index is -0.339. The normalized spacial score (nSPS) is 12.2. The fraction of sp³-hybridized carbons (Fsp3) is 0.316. The molecule has 1 N–H and O–H groups in total. The molecule has 0 aliphatic rings. The van der Waals surface area contributed by atoms with Crippen molar-refractivity contribution in [3.8, 4) is 10.4 Å². The van der Waals surface area contributed by atoms with Crippen LogP contribution in [0.5, 0.6) is 0 Å². The minimum Gasteiger partial charge on any atom is -0.355 e. The largest absolute Gasteiger partial charge is 0.355 e. The molecule has 1 amide bonds. The second-order valence-electron chi connectivity index (χ2n) is 5.96. The van der Waals surface area contributed by atoms with Crippen LogP contribution in [0, 0.1) is 0 Å². The van der Waals surface area contributed by atoms with Crippen molar-refractivity contribution >= 4 is 50.6 Å². The van der Waals surface area contributed by atoms with Crippen LogP contribution < -0.4 is 10.9 Å². The lowest BCUT2D eigenvalue weighted by molar-refractivity contribution is -0.120. The lowest BCUT2D eigenvalue weighted by atomic mass is 10.2. The van der Waals surface area contributed by atoms with E-state index in [0.717, 1.165) is 16.9 Å². The summed E-state index contributed by atoms with van der Waals surface area (Å²) in [6, 6.07) is 3.98. The van der Waals surface area contributed by atoms with Gasteiger partial charge in [0, 0.05) is 28.9 Å². The van der Waals surface area contributed by atoms with Crippen molar-refractivity contribution in [3.63, 3.8) is 0 Å². The van der Waals surface area contributed by atoms with Crippen LogP contribution in [-0.4, -0.2) is 27.3 Å². The number of allylic oxidation sites excluding steroid dienone is 1. The zero-order valence-electron chi connectivity index (χ0n) is 15.2. The van der Waals surface area contributed by atoms with E-state index < -0.39 is 0 Å². The van der Waals surface area contributed by atoms with Gasteiger partial charge in [-0.2, -0.15) is 0 Å². The molecule has 5 nitrogen and oxygen atoms in total. The Labute approximate surface area is 170 Å². The first-order valence-electron chi connectivity index (χ1n) is 8.68. The van der Waals surface area contributed by atoms with Gasteiger partial charge in [-0.3, -0.25) is 14.2 Å². The van der Waals surface area contributed by atoms with Gasteiger partial charge in [-0.15, -0.1) is 29.3 Å². The molecule has 3 aromatic rings. The molecule has 3 aromatic heterocycles. The van der Waals surface area contributed by atoms with E-state index in [2.05, 4.69) is 11.9 Å². The number of fused-ring (bicyclic) bond motifs is 1. The Morgan fingerprint density at radius 2 is 2.30 bits per heavy atom. The third-order valence-electron chi connectivity index (χ3n) is 3.96. The number of thiophene rings is 2. The highest BCUT2D eigenvalue weighted by Gasteiger charge is 2.21. The first-order valence-corrected chi connectivity index (χ1v) is 11.3. The fourth-order valence-corrected chi connectivity index (χ4v) is 5.35. The lowest BCUT2D eigenvalue weighted by Crippen LogP contribution is -2.32. The highest BCUT2D eigenvalue weighted by molar-refractivity contribution is 8.00. The van der Waals surface area contributed by atoms with Gasteiger partial charge in [0.25, 0.3) is 5.56 Å². The average Bonchev–Trinajstić information content (AvgIpc) is 3.32. The van der Waals surface area contributed by atoms with E-state index in [1.54, 1.807) is 22.0 Å². The van der Waals surface area contributed by atoms with Crippen LogP contribution in [0.25, 0.3) is 20.7 Å². The van der Waals surface area contributed by atoms with E-state index >= 15 is 0 Å². The standard InChI is InChI=1S/C19H21N3O2S3/c1-4-8-20-16(23)12(3)27-19-21-17-15(18(24)22(19)9-5-2)13(11-26-17)14-7-6-10-25-14/h5-7,10-12H,2,4,8-9H2,1,3H3,(H,20,23)/t12-/m0/s1. The monoisotopic (exact) mass is 419 g/mol. The van der Waals surface area contributed by atoms with Crippen LogP contribution in [0.4, 0.5) is 0 Å². The number of aromatic nitrogens is 2. The van der Waals surface area contributed by atoms with Crippen LogP contribution in [0.3, 0.4) is 0 Å². The lowest BCUT2D eigenvalue weighted by Gasteiger charge is -2.14. The van der Waals surface area contributed by atoms with Gasteiger partial charge in [0.05, 0.1) is 10.6 Å². The molecule has 3 rings (SSSR count). The van der Waals surface area contributed by atoms with E-state index in [1.807, 2.05) is 36.7 Å². The molecule has 0 saturated carbocycles. The molecular formula is C19H21N3O2S3. The predicted molar refractivity (Wildman–Crippen MR) is 116 cm³/mol. The van der Waals surface area contributed by atoms with Crippen molar-refractivity contribution in [1.82, 2.24) is 14.9 Å². The molecule has 3 heterocycles. The van der Waals surface area contributed by atoms with Gasteiger partial charge in [-0.25, -0.2) is 4.98 Å². The molecule has 0 radical (unpaired) electrons. The second-order valence-corrected chi connectivity index (χ2v) is 9.07. The van der Waals surface area contributed by atoms with Crippen molar-refractivity contribution in [1.29, 1.82) is 0 Å². The highest BCUT2D eigenvalue weighted by atomic mass is 32.2. The Balaban J connectivity index is 2.03. The molecular weight excluding hydrogens is 398 g/mol. The zero-order chi connectivity index (χ0) is 19.4. The Morgan fingerprint density at radius 1 is 1.48 bits per heavy atom.